The molecular formula is C22H24BrFN2O2. The number of carbonyl (C=O) groups is 2. The summed E-state index contributed by atoms with van der Waals surface area (Å²) in [5.41, 5.74) is 1.52. The van der Waals surface area contributed by atoms with Crippen LogP contribution in [-0.4, -0.2) is 35.8 Å². The molecule has 1 aliphatic rings. The van der Waals surface area contributed by atoms with E-state index < -0.39 is 5.82 Å². The van der Waals surface area contributed by atoms with Crippen molar-refractivity contribution in [2.75, 3.05) is 13.1 Å². The molecule has 1 aliphatic heterocycles. The average Bonchev–Trinajstić information content (AvgIpc) is 3.17. The van der Waals surface area contributed by atoms with Crippen LogP contribution in [0.5, 0.6) is 0 Å². The van der Waals surface area contributed by atoms with E-state index >= 15 is 0 Å². The van der Waals surface area contributed by atoms with Crippen LogP contribution in [0.15, 0.2) is 53.0 Å². The lowest BCUT2D eigenvalue weighted by molar-refractivity contribution is -0.131. The molecule has 0 saturated carbocycles. The van der Waals surface area contributed by atoms with Crippen molar-refractivity contribution in [2.45, 2.75) is 38.1 Å². The van der Waals surface area contributed by atoms with Gasteiger partial charge in [0.05, 0.1) is 5.56 Å². The molecule has 28 heavy (non-hydrogen) atoms. The first kappa shape index (κ1) is 20.5. The Hall–Kier alpha value is -2.21. The zero-order chi connectivity index (χ0) is 19.9. The molecule has 2 amide bonds. The van der Waals surface area contributed by atoms with Crippen molar-refractivity contribution in [3.8, 4) is 0 Å². The Bertz CT molecular complexity index is 829. The molecule has 1 atom stereocenters. The lowest BCUT2D eigenvalue weighted by atomic mass is 10.0. The highest BCUT2D eigenvalue weighted by Gasteiger charge is 2.28. The molecule has 0 spiro atoms. The van der Waals surface area contributed by atoms with E-state index in [-0.39, 0.29) is 36.4 Å². The minimum Gasteiger partial charge on any atom is -0.351 e. The number of halogens is 2. The van der Waals surface area contributed by atoms with Crippen LogP contribution in [0.1, 0.15) is 41.6 Å². The molecule has 3 rings (SSSR count). The molecule has 0 aromatic heterocycles. The van der Waals surface area contributed by atoms with Crippen molar-refractivity contribution in [1.29, 1.82) is 0 Å². The highest BCUT2D eigenvalue weighted by atomic mass is 79.9. The van der Waals surface area contributed by atoms with Gasteiger partial charge in [0.15, 0.2) is 0 Å². The maximum Gasteiger partial charge on any atom is 0.252 e. The molecule has 4 nitrogen and oxygen atoms in total. The fraction of sp³-hybridized carbons (Fsp3) is 0.364. The minimum atomic E-state index is -0.470. The van der Waals surface area contributed by atoms with Crippen LogP contribution in [0, 0.1) is 5.82 Å². The monoisotopic (exact) mass is 446 g/mol. The molecule has 1 N–H and O–H groups in total. The Balaban J connectivity index is 1.47. The van der Waals surface area contributed by atoms with E-state index in [9.17, 15) is 14.0 Å². The third-order valence-corrected chi connectivity index (χ3v) is 5.80. The Morgan fingerprint density at radius 3 is 2.75 bits per heavy atom. The number of benzene rings is 2. The maximum absolute atomic E-state index is 13.3. The fourth-order valence-electron chi connectivity index (χ4n) is 3.64. The third-order valence-electron chi connectivity index (χ3n) is 5.10. The van der Waals surface area contributed by atoms with Crippen molar-refractivity contribution >= 4 is 27.7 Å². The Labute approximate surface area is 173 Å². The zero-order valence-corrected chi connectivity index (χ0v) is 17.3. The molecule has 1 fully saturated rings. The number of nitrogens with one attached hydrogen (secondary N) is 1. The first-order valence-corrected chi connectivity index (χ1v) is 10.4. The molecule has 148 valence electrons. The van der Waals surface area contributed by atoms with Gasteiger partial charge in [0.25, 0.3) is 5.91 Å². The quantitative estimate of drug-likeness (QED) is 0.687. The van der Waals surface area contributed by atoms with Crippen molar-refractivity contribution in [1.82, 2.24) is 10.2 Å². The summed E-state index contributed by atoms with van der Waals surface area (Å²) in [5, 5.41) is 2.71. The smallest absolute Gasteiger partial charge is 0.252 e. The summed E-state index contributed by atoms with van der Waals surface area (Å²) in [4.78, 5) is 26.8. The summed E-state index contributed by atoms with van der Waals surface area (Å²) < 4.78 is 13.9. The second-order valence-electron chi connectivity index (χ2n) is 7.04. The van der Waals surface area contributed by atoms with Gasteiger partial charge in [0, 0.05) is 30.0 Å². The molecule has 0 radical (unpaired) electrons. The first-order valence-electron chi connectivity index (χ1n) is 9.61. The molecule has 0 aliphatic carbocycles. The lowest BCUT2D eigenvalue weighted by Gasteiger charge is -2.25. The summed E-state index contributed by atoms with van der Waals surface area (Å²) in [6.07, 6.45) is 4.22. The van der Waals surface area contributed by atoms with Gasteiger partial charge >= 0.3 is 0 Å². The Morgan fingerprint density at radius 2 is 1.96 bits per heavy atom. The van der Waals surface area contributed by atoms with Gasteiger partial charge < -0.3 is 10.2 Å². The second-order valence-corrected chi connectivity index (χ2v) is 7.89. The number of nitrogens with zero attached hydrogens (tertiary/aromatic N) is 1. The van der Waals surface area contributed by atoms with Gasteiger partial charge in [0.1, 0.15) is 5.82 Å². The molecule has 2 aromatic rings. The van der Waals surface area contributed by atoms with Gasteiger partial charge in [-0.15, -0.1) is 0 Å². The van der Waals surface area contributed by atoms with E-state index in [1.807, 2.05) is 23.1 Å². The largest absolute Gasteiger partial charge is 0.351 e. The maximum atomic E-state index is 13.3. The predicted molar refractivity (Wildman–Crippen MR) is 111 cm³/mol. The SMILES string of the molecule is O=C(NCCC(=O)N1CCCC1CCc1ccccc1)c1cc(F)ccc1Br. The summed E-state index contributed by atoms with van der Waals surface area (Å²) in [5.74, 6) is -0.793. The standard InChI is InChI=1S/C22H24BrFN2O2/c23-20-11-9-17(24)15-19(20)22(28)25-13-12-21(27)26-14-4-7-18(26)10-8-16-5-2-1-3-6-16/h1-3,5-6,9,11,15,18H,4,7-8,10,12-14H2,(H,25,28). The molecule has 2 aromatic carbocycles. The van der Waals surface area contributed by atoms with Gasteiger partial charge in [-0.1, -0.05) is 30.3 Å². The normalized spacial score (nSPS) is 16.2. The number of rotatable bonds is 7. The Kier molecular flexibility index (Phi) is 7.20. The van der Waals surface area contributed by atoms with E-state index in [1.54, 1.807) is 0 Å². The number of hydrogen-bond donors (Lipinski definition) is 1. The number of likely N-dealkylation sites (tertiary alicyclic amines) is 1. The van der Waals surface area contributed by atoms with Crippen molar-refractivity contribution in [3.63, 3.8) is 0 Å². The molecule has 1 heterocycles. The molecular weight excluding hydrogens is 423 g/mol. The van der Waals surface area contributed by atoms with Crippen LogP contribution >= 0.6 is 15.9 Å². The van der Waals surface area contributed by atoms with Gasteiger partial charge in [-0.25, -0.2) is 4.39 Å². The number of aryl methyl sites for hydroxylation is 1. The lowest BCUT2D eigenvalue weighted by Crippen LogP contribution is -2.38. The minimum absolute atomic E-state index is 0.0640. The van der Waals surface area contributed by atoms with E-state index in [2.05, 4.69) is 33.4 Å². The van der Waals surface area contributed by atoms with Gasteiger partial charge in [0.2, 0.25) is 5.91 Å². The van der Waals surface area contributed by atoms with Crippen LogP contribution in [0.3, 0.4) is 0 Å². The number of carbonyl (C=O) groups excluding carboxylic acids is 2. The average molecular weight is 447 g/mol. The van der Waals surface area contributed by atoms with Crippen LogP contribution < -0.4 is 5.32 Å². The van der Waals surface area contributed by atoms with E-state index in [0.717, 1.165) is 32.2 Å². The van der Waals surface area contributed by atoms with Crippen LogP contribution in [0.25, 0.3) is 0 Å². The van der Waals surface area contributed by atoms with Gasteiger partial charge in [-0.05, 0) is 65.4 Å². The number of hydrogen-bond acceptors (Lipinski definition) is 2. The highest BCUT2D eigenvalue weighted by molar-refractivity contribution is 9.10. The number of amides is 2. The zero-order valence-electron chi connectivity index (χ0n) is 15.7. The molecule has 0 bridgehead atoms. The third kappa shape index (κ3) is 5.41. The second kappa shape index (κ2) is 9.82. The van der Waals surface area contributed by atoms with Crippen LogP contribution in [-0.2, 0) is 11.2 Å². The summed E-state index contributed by atoms with van der Waals surface area (Å²) in [6, 6.07) is 14.5. The summed E-state index contributed by atoms with van der Waals surface area (Å²) in [6.45, 7) is 1.02. The molecule has 6 heteroatoms. The summed E-state index contributed by atoms with van der Waals surface area (Å²) in [7, 11) is 0. The Morgan fingerprint density at radius 1 is 1.18 bits per heavy atom. The van der Waals surface area contributed by atoms with E-state index in [4.69, 9.17) is 0 Å². The van der Waals surface area contributed by atoms with Crippen molar-refractivity contribution < 1.29 is 14.0 Å². The topological polar surface area (TPSA) is 49.4 Å². The van der Waals surface area contributed by atoms with Crippen molar-refractivity contribution in [3.05, 3.63) is 69.9 Å². The van der Waals surface area contributed by atoms with Gasteiger partial charge in [-0.2, -0.15) is 0 Å². The van der Waals surface area contributed by atoms with Crippen LogP contribution in [0.4, 0.5) is 4.39 Å². The van der Waals surface area contributed by atoms with Crippen molar-refractivity contribution in [2.24, 2.45) is 0 Å². The van der Waals surface area contributed by atoms with E-state index in [0.29, 0.717) is 4.47 Å². The predicted octanol–water partition coefficient (Wildman–Crippen LogP) is 4.33. The van der Waals surface area contributed by atoms with E-state index in [1.165, 1.54) is 23.8 Å². The molecule has 1 unspecified atom stereocenters. The molecule has 1 saturated heterocycles. The highest BCUT2D eigenvalue weighted by Crippen LogP contribution is 2.23. The first-order chi connectivity index (χ1) is 13.5. The fourth-order valence-corrected chi connectivity index (χ4v) is 4.06. The summed E-state index contributed by atoms with van der Waals surface area (Å²) >= 11 is 3.25. The van der Waals surface area contributed by atoms with Crippen LogP contribution in [0.2, 0.25) is 0 Å². The van der Waals surface area contributed by atoms with Gasteiger partial charge in [-0.3, -0.25) is 9.59 Å².